The Hall–Kier alpha value is -3.92. The number of phenols is 4. The van der Waals surface area contributed by atoms with Gasteiger partial charge in [-0.3, -0.25) is 0 Å². The quantitative estimate of drug-likeness (QED) is 0.204. The van der Waals surface area contributed by atoms with Crippen molar-refractivity contribution < 1.29 is 20.4 Å². The van der Waals surface area contributed by atoms with E-state index < -0.39 is 0 Å². The Bertz CT molecular complexity index is 1210. The molecule has 0 aliphatic carbocycles. The molecule has 36 heavy (non-hydrogen) atoms. The van der Waals surface area contributed by atoms with E-state index in [0.717, 1.165) is 47.9 Å². The molecule has 0 amide bonds. The first-order valence-corrected chi connectivity index (χ1v) is 12.3. The summed E-state index contributed by atoms with van der Waals surface area (Å²) in [6.45, 7) is 4.48. The normalized spacial score (nSPS) is 13.3. The molecule has 4 aromatic rings. The van der Waals surface area contributed by atoms with Gasteiger partial charge in [-0.05, 0) is 102 Å². The number of hydrogen-bond acceptors (Lipinski definition) is 4. The highest BCUT2D eigenvalue weighted by Gasteiger charge is 2.34. The van der Waals surface area contributed by atoms with Gasteiger partial charge >= 0.3 is 0 Å². The molecular formula is C32H34O4. The highest BCUT2D eigenvalue weighted by Crippen LogP contribution is 2.43. The van der Waals surface area contributed by atoms with Crippen LogP contribution in [0.1, 0.15) is 55.4 Å². The largest absolute Gasteiger partial charge is 0.508 e. The Morgan fingerprint density at radius 1 is 0.444 bits per heavy atom. The predicted octanol–water partition coefficient (Wildman–Crippen LogP) is 7.19. The molecule has 0 heterocycles. The van der Waals surface area contributed by atoms with E-state index >= 15 is 0 Å². The van der Waals surface area contributed by atoms with Gasteiger partial charge in [0, 0.05) is 5.41 Å². The van der Waals surface area contributed by atoms with E-state index in [0.29, 0.717) is 0 Å². The molecular weight excluding hydrogens is 448 g/mol. The van der Waals surface area contributed by atoms with Gasteiger partial charge in [0.15, 0.2) is 0 Å². The molecule has 0 fully saturated rings. The van der Waals surface area contributed by atoms with Crippen LogP contribution < -0.4 is 0 Å². The number of phenolic OH excluding ortho intramolecular Hbond substituents is 4. The smallest absolute Gasteiger partial charge is 0.115 e. The third-order valence-corrected chi connectivity index (χ3v) is 7.65. The van der Waals surface area contributed by atoms with Crippen molar-refractivity contribution >= 4 is 0 Å². The summed E-state index contributed by atoms with van der Waals surface area (Å²) < 4.78 is 0. The van der Waals surface area contributed by atoms with Crippen molar-refractivity contribution in [3.05, 3.63) is 119 Å². The van der Waals surface area contributed by atoms with Gasteiger partial charge in [-0.15, -0.1) is 0 Å². The number of benzene rings is 4. The zero-order chi connectivity index (χ0) is 25.8. The summed E-state index contributed by atoms with van der Waals surface area (Å²) in [5.41, 5.74) is 3.99. The molecule has 4 aromatic carbocycles. The van der Waals surface area contributed by atoms with Crippen molar-refractivity contribution in [1.29, 1.82) is 0 Å². The Morgan fingerprint density at radius 2 is 0.806 bits per heavy atom. The first kappa shape index (κ1) is 25.2. The molecule has 1 atom stereocenters. The van der Waals surface area contributed by atoms with Crippen LogP contribution in [0.5, 0.6) is 23.0 Å². The van der Waals surface area contributed by atoms with Crippen molar-refractivity contribution in [3.63, 3.8) is 0 Å². The molecule has 186 valence electrons. The topological polar surface area (TPSA) is 80.9 Å². The Morgan fingerprint density at radius 3 is 1.22 bits per heavy atom. The van der Waals surface area contributed by atoms with Crippen LogP contribution in [0.4, 0.5) is 0 Å². The average Bonchev–Trinajstić information content (AvgIpc) is 2.88. The summed E-state index contributed by atoms with van der Waals surface area (Å²) in [4.78, 5) is 0. The van der Waals surface area contributed by atoms with E-state index in [1.807, 2.05) is 48.5 Å². The average molecular weight is 483 g/mol. The maximum Gasteiger partial charge on any atom is 0.115 e. The number of aromatic hydroxyl groups is 4. The van der Waals surface area contributed by atoms with E-state index in [2.05, 4.69) is 13.8 Å². The summed E-state index contributed by atoms with van der Waals surface area (Å²) in [6.07, 6.45) is 3.44. The van der Waals surface area contributed by atoms with Crippen LogP contribution in [0.2, 0.25) is 0 Å². The molecule has 0 aromatic heterocycles. The van der Waals surface area contributed by atoms with Crippen LogP contribution in [0.3, 0.4) is 0 Å². The Balaban J connectivity index is 1.67. The molecule has 0 bridgehead atoms. The second kappa shape index (κ2) is 10.4. The maximum absolute atomic E-state index is 9.89. The summed E-state index contributed by atoms with van der Waals surface area (Å²) in [5.74, 6) is 0.973. The van der Waals surface area contributed by atoms with Gasteiger partial charge < -0.3 is 20.4 Å². The van der Waals surface area contributed by atoms with Crippen molar-refractivity contribution in [3.8, 4) is 23.0 Å². The maximum atomic E-state index is 9.89. The van der Waals surface area contributed by atoms with Crippen LogP contribution in [-0.4, -0.2) is 20.4 Å². The van der Waals surface area contributed by atoms with Crippen LogP contribution in [0, 0.1) is 0 Å². The predicted molar refractivity (Wildman–Crippen MR) is 144 cm³/mol. The second-order valence-electron chi connectivity index (χ2n) is 10.2. The van der Waals surface area contributed by atoms with Crippen LogP contribution in [0.25, 0.3) is 0 Å². The van der Waals surface area contributed by atoms with E-state index in [4.69, 9.17) is 0 Å². The minimum Gasteiger partial charge on any atom is -0.508 e. The standard InChI is InChI=1S/C32H34O4/c1-31(24-5-13-28(34)14-6-24,20-19-23-3-11-27(33)12-4-23)21-22-32(2,25-7-15-29(35)16-8-25)26-9-17-30(36)18-10-26/h3-18,33-36H,19-22H2,1-2H3. The fourth-order valence-electron chi connectivity index (χ4n) is 5.00. The monoisotopic (exact) mass is 482 g/mol. The molecule has 4 rings (SSSR count). The van der Waals surface area contributed by atoms with Crippen LogP contribution in [0.15, 0.2) is 97.1 Å². The molecule has 4 N–H and O–H groups in total. The van der Waals surface area contributed by atoms with Gasteiger partial charge in [-0.25, -0.2) is 0 Å². The van der Waals surface area contributed by atoms with E-state index in [9.17, 15) is 20.4 Å². The van der Waals surface area contributed by atoms with Gasteiger partial charge in [0.1, 0.15) is 23.0 Å². The lowest BCUT2D eigenvalue weighted by atomic mass is 9.66. The molecule has 0 radical (unpaired) electrons. The lowest BCUT2D eigenvalue weighted by Gasteiger charge is -2.37. The summed E-state index contributed by atoms with van der Waals surface area (Å²) in [7, 11) is 0. The van der Waals surface area contributed by atoms with E-state index in [1.54, 1.807) is 48.5 Å². The first-order valence-electron chi connectivity index (χ1n) is 12.3. The lowest BCUT2D eigenvalue weighted by Crippen LogP contribution is -2.30. The van der Waals surface area contributed by atoms with Crippen molar-refractivity contribution in [1.82, 2.24) is 0 Å². The molecule has 0 saturated carbocycles. The number of rotatable bonds is 9. The molecule has 0 aliphatic heterocycles. The summed E-state index contributed by atoms with van der Waals surface area (Å²) >= 11 is 0. The summed E-state index contributed by atoms with van der Waals surface area (Å²) in [5, 5.41) is 39.3. The SMILES string of the molecule is CC(CCc1ccc(O)cc1)(CCC(C)(c1ccc(O)cc1)c1ccc(O)cc1)c1ccc(O)cc1. The molecule has 0 spiro atoms. The van der Waals surface area contributed by atoms with E-state index in [-0.39, 0.29) is 33.8 Å². The summed E-state index contributed by atoms with van der Waals surface area (Å²) in [6, 6.07) is 29.6. The van der Waals surface area contributed by atoms with Crippen LogP contribution >= 0.6 is 0 Å². The minimum atomic E-state index is -0.349. The molecule has 0 saturated heterocycles. The van der Waals surface area contributed by atoms with Crippen LogP contribution in [-0.2, 0) is 17.3 Å². The minimum absolute atomic E-state index is 0.180. The van der Waals surface area contributed by atoms with Crippen molar-refractivity contribution in [2.75, 3.05) is 0 Å². The van der Waals surface area contributed by atoms with E-state index in [1.165, 1.54) is 0 Å². The molecule has 0 aliphatic rings. The Labute approximate surface area is 213 Å². The van der Waals surface area contributed by atoms with Crippen molar-refractivity contribution in [2.45, 2.75) is 50.4 Å². The molecule has 4 heteroatoms. The highest BCUT2D eigenvalue weighted by molar-refractivity contribution is 5.43. The van der Waals surface area contributed by atoms with Gasteiger partial charge in [-0.1, -0.05) is 62.4 Å². The lowest BCUT2D eigenvalue weighted by molar-refractivity contribution is 0.346. The fraction of sp³-hybridized carbons (Fsp3) is 0.250. The zero-order valence-corrected chi connectivity index (χ0v) is 20.9. The number of aryl methyl sites for hydroxylation is 1. The fourth-order valence-corrected chi connectivity index (χ4v) is 5.00. The first-order chi connectivity index (χ1) is 17.2. The molecule has 4 nitrogen and oxygen atoms in total. The van der Waals surface area contributed by atoms with Gasteiger partial charge in [0.25, 0.3) is 0 Å². The number of hydrogen-bond donors (Lipinski definition) is 4. The van der Waals surface area contributed by atoms with Gasteiger partial charge in [0.05, 0.1) is 0 Å². The Kier molecular flexibility index (Phi) is 7.25. The van der Waals surface area contributed by atoms with Crippen molar-refractivity contribution in [2.24, 2.45) is 0 Å². The van der Waals surface area contributed by atoms with Gasteiger partial charge in [0.2, 0.25) is 0 Å². The zero-order valence-electron chi connectivity index (χ0n) is 20.9. The third-order valence-electron chi connectivity index (χ3n) is 7.65. The highest BCUT2D eigenvalue weighted by atomic mass is 16.3. The van der Waals surface area contributed by atoms with Gasteiger partial charge in [-0.2, -0.15) is 0 Å². The third kappa shape index (κ3) is 5.65. The second-order valence-corrected chi connectivity index (χ2v) is 10.2. The molecule has 1 unspecified atom stereocenters.